The van der Waals surface area contributed by atoms with E-state index in [4.69, 9.17) is 4.74 Å². The monoisotopic (exact) mass is 310 g/mol. The Morgan fingerprint density at radius 3 is 2.38 bits per heavy atom. The molecule has 0 aliphatic heterocycles. The Kier molecular flexibility index (Phi) is 4.59. The zero-order chi connectivity index (χ0) is 15.5. The van der Waals surface area contributed by atoms with Gasteiger partial charge in [0, 0.05) is 0 Å². The molecule has 1 atom stereocenters. The average Bonchev–Trinajstić information content (AvgIpc) is 2.48. The summed E-state index contributed by atoms with van der Waals surface area (Å²) >= 11 is 0. The third kappa shape index (κ3) is 3.22. The number of benzene rings is 2. The van der Waals surface area contributed by atoms with Crippen LogP contribution in [0.3, 0.4) is 0 Å². The first kappa shape index (κ1) is 15.5. The van der Waals surface area contributed by atoms with Gasteiger partial charge in [0.2, 0.25) is 0 Å². The molecule has 6 heteroatoms. The van der Waals surface area contributed by atoms with Gasteiger partial charge in [0.25, 0.3) is 0 Å². The second kappa shape index (κ2) is 6.24. The van der Waals surface area contributed by atoms with Crippen molar-refractivity contribution in [3.8, 4) is 5.75 Å². The van der Waals surface area contributed by atoms with Gasteiger partial charge in [-0.15, -0.1) is 0 Å². The summed E-state index contributed by atoms with van der Waals surface area (Å²) in [5.74, 6) is 0.113. The Morgan fingerprint density at radius 2 is 1.86 bits per heavy atom. The number of hydrogen-bond donors (Lipinski definition) is 1. The van der Waals surface area contributed by atoms with E-state index in [1.165, 1.54) is 37.4 Å². The van der Waals surface area contributed by atoms with Gasteiger partial charge in [0.05, 0.1) is 18.6 Å². The summed E-state index contributed by atoms with van der Waals surface area (Å²) in [7, 11) is -2.12. The van der Waals surface area contributed by atoms with Crippen LogP contribution in [0.2, 0.25) is 0 Å². The molecule has 0 saturated heterocycles. The molecule has 4 nitrogen and oxygen atoms in total. The summed E-state index contributed by atoms with van der Waals surface area (Å²) in [5, 5.41) is -0.874. The van der Waals surface area contributed by atoms with E-state index in [-0.39, 0.29) is 11.4 Å². The summed E-state index contributed by atoms with van der Waals surface area (Å²) in [6.45, 7) is 0.123. The third-order valence-electron chi connectivity index (χ3n) is 3.25. The Bertz CT molecular complexity index is 714. The zero-order valence-electron chi connectivity index (χ0n) is 11.6. The molecule has 0 fully saturated rings. The highest BCUT2D eigenvalue weighted by molar-refractivity contribution is 7.91. The van der Waals surface area contributed by atoms with E-state index in [0.29, 0.717) is 11.3 Å². The lowest BCUT2D eigenvalue weighted by molar-refractivity contribution is -0.367. The Balaban J connectivity index is 2.44. The third-order valence-corrected chi connectivity index (χ3v) is 5.43. The maximum absolute atomic E-state index is 13.3. The molecular weight excluding hydrogens is 293 g/mol. The standard InChI is InChI=1S/C15H16FNO3S/c1-20-13-5-7-14(8-6-13)21(18,19)15(10-17)11-3-2-4-12(16)9-11/h2-9,15H,10,17H2,1H3/p+1/t15-/m0/s1. The molecule has 0 aromatic heterocycles. The average molecular weight is 310 g/mol. The minimum atomic E-state index is -3.63. The van der Waals surface area contributed by atoms with E-state index in [0.717, 1.165) is 0 Å². The van der Waals surface area contributed by atoms with Crippen LogP contribution in [0, 0.1) is 5.82 Å². The van der Waals surface area contributed by atoms with Crippen LogP contribution in [-0.2, 0) is 9.84 Å². The van der Waals surface area contributed by atoms with E-state index in [1.807, 2.05) is 0 Å². The van der Waals surface area contributed by atoms with Gasteiger partial charge in [-0.1, -0.05) is 12.1 Å². The second-order valence-electron chi connectivity index (χ2n) is 4.55. The van der Waals surface area contributed by atoms with Gasteiger partial charge in [0.15, 0.2) is 9.84 Å². The van der Waals surface area contributed by atoms with Gasteiger partial charge < -0.3 is 10.5 Å². The Labute approximate surface area is 123 Å². The number of quaternary nitrogens is 1. The van der Waals surface area contributed by atoms with E-state index < -0.39 is 20.9 Å². The van der Waals surface area contributed by atoms with Crippen molar-refractivity contribution >= 4 is 9.84 Å². The first-order valence-corrected chi connectivity index (χ1v) is 7.96. The van der Waals surface area contributed by atoms with Crippen LogP contribution < -0.4 is 10.5 Å². The van der Waals surface area contributed by atoms with Gasteiger partial charge >= 0.3 is 0 Å². The van der Waals surface area contributed by atoms with E-state index in [1.54, 1.807) is 18.2 Å². The van der Waals surface area contributed by atoms with Crippen LogP contribution in [0.4, 0.5) is 4.39 Å². The van der Waals surface area contributed by atoms with E-state index >= 15 is 0 Å². The van der Waals surface area contributed by atoms with Crippen molar-refractivity contribution in [3.63, 3.8) is 0 Å². The summed E-state index contributed by atoms with van der Waals surface area (Å²) in [4.78, 5) is 0.168. The summed E-state index contributed by atoms with van der Waals surface area (Å²) < 4.78 is 43.7. The van der Waals surface area contributed by atoms with Gasteiger partial charge in [-0.2, -0.15) is 0 Å². The largest absolute Gasteiger partial charge is 0.497 e. The number of rotatable bonds is 5. The molecule has 0 aliphatic rings. The van der Waals surface area contributed by atoms with Crippen LogP contribution in [0.1, 0.15) is 10.8 Å². The number of hydrogen-bond acceptors (Lipinski definition) is 3. The highest BCUT2D eigenvalue weighted by Crippen LogP contribution is 2.29. The lowest BCUT2D eigenvalue weighted by atomic mass is 10.1. The van der Waals surface area contributed by atoms with Crippen molar-refractivity contribution in [1.82, 2.24) is 0 Å². The number of methoxy groups -OCH3 is 1. The van der Waals surface area contributed by atoms with Crippen LogP contribution >= 0.6 is 0 Å². The van der Waals surface area contributed by atoms with Crippen LogP contribution in [0.15, 0.2) is 53.4 Å². The fourth-order valence-electron chi connectivity index (χ4n) is 2.14. The molecule has 112 valence electrons. The fraction of sp³-hybridized carbons (Fsp3) is 0.200. The zero-order valence-corrected chi connectivity index (χ0v) is 12.4. The van der Waals surface area contributed by atoms with Crippen LogP contribution in [0.5, 0.6) is 5.75 Å². The molecule has 2 aromatic rings. The minimum absolute atomic E-state index is 0.123. The van der Waals surface area contributed by atoms with Crippen molar-refractivity contribution in [1.29, 1.82) is 0 Å². The molecule has 0 radical (unpaired) electrons. The first-order chi connectivity index (χ1) is 9.98. The Hall–Kier alpha value is -1.92. The number of ether oxygens (including phenoxy) is 1. The maximum Gasteiger partial charge on any atom is 0.190 e. The molecule has 0 bridgehead atoms. The molecular formula is C15H17FNO3S+. The number of halogens is 1. The van der Waals surface area contributed by atoms with Gasteiger partial charge in [0.1, 0.15) is 16.8 Å². The highest BCUT2D eigenvalue weighted by Gasteiger charge is 2.29. The number of sulfone groups is 1. The molecule has 2 aromatic carbocycles. The lowest BCUT2D eigenvalue weighted by Gasteiger charge is -2.15. The van der Waals surface area contributed by atoms with E-state index in [2.05, 4.69) is 5.73 Å². The first-order valence-electron chi connectivity index (χ1n) is 6.41. The molecule has 0 spiro atoms. The lowest BCUT2D eigenvalue weighted by Crippen LogP contribution is -2.54. The summed E-state index contributed by atoms with van der Waals surface area (Å²) in [5.41, 5.74) is 4.09. The molecule has 0 saturated carbocycles. The molecule has 0 unspecified atom stereocenters. The van der Waals surface area contributed by atoms with Gasteiger partial charge in [-0.05, 0) is 42.0 Å². The van der Waals surface area contributed by atoms with Crippen molar-refractivity contribution in [2.45, 2.75) is 10.1 Å². The molecule has 21 heavy (non-hydrogen) atoms. The predicted octanol–water partition coefficient (Wildman–Crippen LogP) is 1.59. The molecule has 0 aliphatic carbocycles. The van der Waals surface area contributed by atoms with Crippen molar-refractivity contribution in [2.24, 2.45) is 0 Å². The smallest absolute Gasteiger partial charge is 0.190 e. The summed E-state index contributed by atoms with van der Waals surface area (Å²) in [6, 6.07) is 11.7. The Morgan fingerprint density at radius 1 is 1.19 bits per heavy atom. The SMILES string of the molecule is COc1ccc(S(=O)(=O)[C@@H](C[NH3+])c2cccc(F)c2)cc1. The normalized spacial score (nSPS) is 12.9. The van der Waals surface area contributed by atoms with Crippen LogP contribution in [-0.4, -0.2) is 22.1 Å². The maximum atomic E-state index is 13.3. The predicted molar refractivity (Wildman–Crippen MR) is 77.1 cm³/mol. The molecule has 0 amide bonds. The molecule has 0 heterocycles. The quantitative estimate of drug-likeness (QED) is 0.911. The fourth-order valence-corrected chi connectivity index (χ4v) is 3.80. The second-order valence-corrected chi connectivity index (χ2v) is 6.68. The van der Waals surface area contributed by atoms with Crippen molar-refractivity contribution < 1.29 is 23.3 Å². The van der Waals surface area contributed by atoms with Crippen LogP contribution in [0.25, 0.3) is 0 Å². The molecule has 3 N–H and O–H groups in total. The van der Waals surface area contributed by atoms with Crippen molar-refractivity contribution in [3.05, 3.63) is 59.9 Å². The topological polar surface area (TPSA) is 71.0 Å². The van der Waals surface area contributed by atoms with Gasteiger partial charge in [-0.3, -0.25) is 0 Å². The minimum Gasteiger partial charge on any atom is -0.497 e. The van der Waals surface area contributed by atoms with Crippen molar-refractivity contribution in [2.75, 3.05) is 13.7 Å². The van der Waals surface area contributed by atoms with E-state index in [9.17, 15) is 12.8 Å². The molecule has 2 rings (SSSR count). The summed E-state index contributed by atoms with van der Waals surface area (Å²) in [6.07, 6.45) is 0. The highest BCUT2D eigenvalue weighted by atomic mass is 32.2. The van der Waals surface area contributed by atoms with Gasteiger partial charge in [-0.25, -0.2) is 12.8 Å².